The lowest BCUT2D eigenvalue weighted by atomic mass is 10.1. The zero-order valence-electron chi connectivity index (χ0n) is 10.0. The average Bonchev–Trinajstić information content (AvgIpc) is 2.84. The van der Waals surface area contributed by atoms with Crippen molar-refractivity contribution in [3.63, 3.8) is 0 Å². The molecule has 18 heavy (non-hydrogen) atoms. The van der Waals surface area contributed by atoms with E-state index < -0.39 is 0 Å². The second kappa shape index (κ2) is 4.18. The van der Waals surface area contributed by atoms with Gasteiger partial charge in [0, 0.05) is 12.1 Å². The summed E-state index contributed by atoms with van der Waals surface area (Å²) in [6.07, 6.45) is 0. The number of rotatable bonds is 2. The first kappa shape index (κ1) is 10.8. The monoisotopic (exact) mass is 243 g/mol. The highest BCUT2D eigenvalue weighted by atomic mass is 16.5. The van der Waals surface area contributed by atoms with E-state index >= 15 is 0 Å². The maximum absolute atomic E-state index is 11.6. The molecule has 5 nitrogen and oxygen atoms in total. The van der Waals surface area contributed by atoms with Crippen molar-refractivity contribution in [2.24, 2.45) is 0 Å². The molecule has 1 amide bonds. The lowest BCUT2D eigenvalue weighted by molar-refractivity contribution is 0.0924. The maximum atomic E-state index is 11.6. The Morgan fingerprint density at radius 2 is 2.11 bits per heavy atom. The standard InChI is InChI=1S/C13H13N3O2/c1-18-10-4-2-9(3-5-10)11-8-12-13(17)14-6-7-16(12)15-11/h2-5,8H,6-7H2,1H3,(H,14,17). The Labute approximate surface area is 104 Å². The molecule has 0 fully saturated rings. The summed E-state index contributed by atoms with van der Waals surface area (Å²) in [4.78, 5) is 11.6. The number of carbonyl (C=O) groups excluding carboxylic acids is 1. The summed E-state index contributed by atoms with van der Waals surface area (Å²) in [6.45, 7) is 1.35. The average molecular weight is 243 g/mol. The molecule has 92 valence electrons. The summed E-state index contributed by atoms with van der Waals surface area (Å²) >= 11 is 0. The summed E-state index contributed by atoms with van der Waals surface area (Å²) in [6, 6.07) is 9.45. The van der Waals surface area contributed by atoms with Crippen LogP contribution >= 0.6 is 0 Å². The number of ether oxygens (including phenoxy) is 1. The van der Waals surface area contributed by atoms with Crippen LogP contribution in [0, 0.1) is 0 Å². The van der Waals surface area contributed by atoms with Gasteiger partial charge in [0.15, 0.2) is 0 Å². The molecular formula is C13H13N3O2. The molecule has 0 saturated carbocycles. The third kappa shape index (κ3) is 1.73. The Kier molecular flexibility index (Phi) is 2.51. The molecule has 0 unspecified atom stereocenters. The van der Waals surface area contributed by atoms with E-state index in [1.165, 1.54) is 0 Å². The second-order valence-electron chi connectivity index (χ2n) is 4.12. The maximum Gasteiger partial charge on any atom is 0.269 e. The highest BCUT2D eigenvalue weighted by Gasteiger charge is 2.19. The molecule has 3 rings (SSSR count). The number of amides is 1. The molecule has 5 heteroatoms. The first-order valence-corrected chi connectivity index (χ1v) is 5.78. The molecule has 2 aromatic rings. The van der Waals surface area contributed by atoms with Crippen LogP contribution in [-0.2, 0) is 6.54 Å². The largest absolute Gasteiger partial charge is 0.497 e. The van der Waals surface area contributed by atoms with E-state index in [2.05, 4.69) is 10.4 Å². The van der Waals surface area contributed by atoms with Gasteiger partial charge in [-0.3, -0.25) is 9.48 Å². The van der Waals surface area contributed by atoms with Crippen molar-refractivity contribution in [2.45, 2.75) is 6.54 Å². The van der Waals surface area contributed by atoms with Crippen LogP contribution in [-0.4, -0.2) is 29.3 Å². The number of aromatic nitrogens is 2. The van der Waals surface area contributed by atoms with Gasteiger partial charge in [-0.05, 0) is 30.3 Å². The Morgan fingerprint density at radius 3 is 2.78 bits per heavy atom. The van der Waals surface area contributed by atoms with Gasteiger partial charge in [0.05, 0.1) is 19.3 Å². The van der Waals surface area contributed by atoms with E-state index in [0.717, 1.165) is 23.6 Å². The fourth-order valence-corrected chi connectivity index (χ4v) is 2.04. The molecule has 0 saturated heterocycles. The Hall–Kier alpha value is -2.30. The third-order valence-corrected chi connectivity index (χ3v) is 3.01. The minimum atomic E-state index is -0.0616. The minimum Gasteiger partial charge on any atom is -0.497 e. The summed E-state index contributed by atoms with van der Waals surface area (Å²) in [7, 11) is 1.63. The van der Waals surface area contributed by atoms with Crippen LogP contribution in [0.3, 0.4) is 0 Å². The van der Waals surface area contributed by atoms with Crippen LogP contribution in [0.15, 0.2) is 30.3 Å². The van der Waals surface area contributed by atoms with E-state index in [1.807, 2.05) is 30.3 Å². The second-order valence-corrected chi connectivity index (χ2v) is 4.12. The number of fused-ring (bicyclic) bond motifs is 1. The number of carbonyl (C=O) groups is 1. The van der Waals surface area contributed by atoms with Gasteiger partial charge in [0.1, 0.15) is 11.4 Å². The number of hydrogen-bond donors (Lipinski definition) is 1. The fraction of sp³-hybridized carbons (Fsp3) is 0.231. The van der Waals surface area contributed by atoms with E-state index in [0.29, 0.717) is 12.2 Å². The van der Waals surface area contributed by atoms with Crippen molar-refractivity contribution in [2.75, 3.05) is 13.7 Å². The summed E-state index contributed by atoms with van der Waals surface area (Å²) in [5, 5.41) is 7.24. The molecule has 2 heterocycles. The normalized spacial score (nSPS) is 13.9. The fourth-order valence-electron chi connectivity index (χ4n) is 2.04. The van der Waals surface area contributed by atoms with Crippen molar-refractivity contribution in [3.8, 4) is 17.0 Å². The highest BCUT2D eigenvalue weighted by molar-refractivity contribution is 5.94. The van der Waals surface area contributed by atoms with Crippen molar-refractivity contribution in [3.05, 3.63) is 36.0 Å². The van der Waals surface area contributed by atoms with Crippen molar-refractivity contribution >= 4 is 5.91 Å². The zero-order valence-corrected chi connectivity index (χ0v) is 10.0. The molecule has 0 atom stereocenters. The Bertz CT molecular complexity index is 587. The minimum absolute atomic E-state index is 0.0616. The third-order valence-electron chi connectivity index (χ3n) is 3.01. The van der Waals surface area contributed by atoms with Gasteiger partial charge in [0.25, 0.3) is 5.91 Å². The molecule has 1 N–H and O–H groups in total. The van der Waals surface area contributed by atoms with Crippen LogP contribution in [0.25, 0.3) is 11.3 Å². The number of methoxy groups -OCH3 is 1. The number of benzene rings is 1. The van der Waals surface area contributed by atoms with E-state index in [4.69, 9.17) is 4.74 Å². The molecule has 1 aliphatic rings. The Morgan fingerprint density at radius 1 is 1.33 bits per heavy atom. The SMILES string of the molecule is COc1ccc(-c2cc3n(n2)CCNC3=O)cc1. The molecule has 0 spiro atoms. The predicted molar refractivity (Wildman–Crippen MR) is 66.5 cm³/mol. The number of nitrogens with zero attached hydrogens (tertiary/aromatic N) is 2. The Balaban J connectivity index is 1.99. The van der Waals surface area contributed by atoms with Gasteiger partial charge in [-0.25, -0.2) is 0 Å². The molecule has 1 aromatic carbocycles. The molecular weight excluding hydrogens is 230 g/mol. The van der Waals surface area contributed by atoms with E-state index in [-0.39, 0.29) is 5.91 Å². The predicted octanol–water partition coefficient (Wildman–Crippen LogP) is 1.30. The van der Waals surface area contributed by atoms with Gasteiger partial charge in [-0.1, -0.05) is 0 Å². The van der Waals surface area contributed by atoms with Gasteiger partial charge in [-0.15, -0.1) is 0 Å². The van der Waals surface area contributed by atoms with Crippen molar-refractivity contribution in [1.29, 1.82) is 0 Å². The van der Waals surface area contributed by atoms with Gasteiger partial charge in [-0.2, -0.15) is 5.10 Å². The lowest BCUT2D eigenvalue weighted by Crippen LogP contribution is -2.35. The highest BCUT2D eigenvalue weighted by Crippen LogP contribution is 2.22. The molecule has 0 bridgehead atoms. The quantitative estimate of drug-likeness (QED) is 0.865. The van der Waals surface area contributed by atoms with Crippen LogP contribution in [0.4, 0.5) is 0 Å². The van der Waals surface area contributed by atoms with E-state index in [9.17, 15) is 4.79 Å². The summed E-state index contributed by atoms with van der Waals surface area (Å²) < 4.78 is 6.86. The first-order valence-electron chi connectivity index (χ1n) is 5.78. The molecule has 1 aromatic heterocycles. The van der Waals surface area contributed by atoms with Gasteiger partial charge in [0.2, 0.25) is 0 Å². The summed E-state index contributed by atoms with van der Waals surface area (Å²) in [5.41, 5.74) is 2.40. The van der Waals surface area contributed by atoms with Crippen LogP contribution in [0.2, 0.25) is 0 Å². The van der Waals surface area contributed by atoms with Crippen molar-refractivity contribution < 1.29 is 9.53 Å². The van der Waals surface area contributed by atoms with Gasteiger partial charge >= 0.3 is 0 Å². The molecule has 1 aliphatic heterocycles. The number of nitrogens with one attached hydrogen (secondary N) is 1. The zero-order chi connectivity index (χ0) is 12.5. The first-order chi connectivity index (χ1) is 8.78. The van der Waals surface area contributed by atoms with Gasteiger partial charge < -0.3 is 10.1 Å². The molecule has 0 radical (unpaired) electrons. The lowest BCUT2D eigenvalue weighted by Gasteiger charge is -2.13. The van der Waals surface area contributed by atoms with Crippen molar-refractivity contribution in [1.82, 2.24) is 15.1 Å². The van der Waals surface area contributed by atoms with Crippen LogP contribution in [0.1, 0.15) is 10.5 Å². The smallest absolute Gasteiger partial charge is 0.269 e. The topological polar surface area (TPSA) is 56.1 Å². The summed E-state index contributed by atoms with van der Waals surface area (Å²) in [5.74, 6) is 0.744. The van der Waals surface area contributed by atoms with Crippen LogP contribution < -0.4 is 10.1 Å². The van der Waals surface area contributed by atoms with Crippen LogP contribution in [0.5, 0.6) is 5.75 Å². The molecule has 0 aliphatic carbocycles. The van der Waals surface area contributed by atoms with E-state index in [1.54, 1.807) is 11.8 Å². The number of hydrogen-bond acceptors (Lipinski definition) is 3.